The Morgan fingerprint density at radius 3 is 2.58 bits per heavy atom. The van der Waals surface area contributed by atoms with Crippen LogP contribution in [0.4, 0.5) is 0 Å². The van der Waals surface area contributed by atoms with Crippen molar-refractivity contribution in [3.8, 4) is 0 Å². The summed E-state index contributed by atoms with van der Waals surface area (Å²) in [4.78, 5) is 2.38. The van der Waals surface area contributed by atoms with Crippen LogP contribution in [0.3, 0.4) is 0 Å². The molecule has 0 aromatic carbocycles. The predicted molar refractivity (Wildman–Crippen MR) is 77.6 cm³/mol. The van der Waals surface area contributed by atoms with Gasteiger partial charge in [-0.05, 0) is 57.3 Å². The average Bonchev–Trinajstić information content (AvgIpc) is 2.85. The number of nitrogens with zero attached hydrogens (tertiary/aromatic N) is 1. The van der Waals surface area contributed by atoms with Crippen LogP contribution in [0, 0.1) is 11.8 Å². The standard InChI is InChI=1S/C13H27N3O2S/c1-2-16-8-5-13(10-16)9-15-19(17,18)11-12-3-6-14-7-4-12/h12-15H,2-11H2,1H3. The van der Waals surface area contributed by atoms with Crippen LogP contribution in [-0.2, 0) is 10.0 Å². The maximum atomic E-state index is 12.1. The number of hydrogen-bond donors (Lipinski definition) is 2. The van der Waals surface area contributed by atoms with Crippen molar-refractivity contribution in [2.75, 3.05) is 45.0 Å². The molecule has 2 fully saturated rings. The molecule has 1 atom stereocenters. The second kappa shape index (κ2) is 7.02. The van der Waals surface area contributed by atoms with Gasteiger partial charge in [0.05, 0.1) is 5.75 Å². The van der Waals surface area contributed by atoms with Crippen LogP contribution in [0.2, 0.25) is 0 Å². The zero-order valence-corrected chi connectivity index (χ0v) is 12.7. The third-order valence-electron chi connectivity index (χ3n) is 4.32. The average molecular weight is 289 g/mol. The van der Waals surface area contributed by atoms with Gasteiger partial charge in [-0.25, -0.2) is 13.1 Å². The van der Waals surface area contributed by atoms with Gasteiger partial charge >= 0.3 is 0 Å². The molecule has 0 aliphatic carbocycles. The summed E-state index contributed by atoms with van der Waals surface area (Å²) in [5.74, 6) is 1.12. The Morgan fingerprint density at radius 2 is 1.95 bits per heavy atom. The summed E-state index contributed by atoms with van der Waals surface area (Å²) in [5.41, 5.74) is 0. The third-order valence-corrected chi connectivity index (χ3v) is 5.84. The summed E-state index contributed by atoms with van der Waals surface area (Å²) in [7, 11) is -3.09. The highest BCUT2D eigenvalue weighted by Gasteiger charge is 2.25. The van der Waals surface area contributed by atoms with Crippen molar-refractivity contribution in [3.05, 3.63) is 0 Å². The first kappa shape index (κ1) is 15.2. The van der Waals surface area contributed by atoms with Crippen LogP contribution >= 0.6 is 0 Å². The highest BCUT2D eigenvalue weighted by Crippen LogP contribution is 2.16. The normalized spacial score (nSPS) is 26.9. The minimum absolute atomic E-state index is 0.304. The second-order valence-electron chi connectivity index (χ2n) is 5.87. The fourth-order valence-electron chi connectivity index (χ4n) is 3.03. The maximum Gasteiger partial charge on any atom is 0.211 e. The minimum atomic E-state index is -3.09. The first-order chi connectivity index (χ1) is 9.09. The van der Waals surface area contributed by atoms with Gasteiger partial charge < -0.3 is 10.2 Å². The molecule has 0 spiro atoms. The molecule has 0 aromatic heterocycles. The molecule has 2 saturated heterocycles. The van der Waals surface area contributed by atoms with Crippen molar-refractivity contribution >= 4 is 10.0 Å². The Hall–Kier alpha value is -0.170. The number of sulfonamides is 1. The topological polar surface area (TPSA) is 61.4 Å². The van der Waals surface area contributed by atoms with E-state index in [1.54, 1.807) is 0 Å². The maximum absolute atomic E-state index is 12.1. The fourth-order valence-corrected chi connectivity index (χ4v) is 4.59. The summed E-state index contributed by atoms with van der Waals surface area (Å²) in [6.45, 7) is 7.89. The molecule has 112 valence electrons. The van der Waals surface area contributed by atoms with Crippen LogP contribution in [0.1, 0.15) is 26.2 Å². The number of hydrogen-bond acceptors (Lipinski definition) is 4. The molecule has 0 aromatic rings. The van der Waals surface area contributed by atoms with Crippen LogP contribution in [0.25, 0.3) is 0 Å². The van der Waals surface area contributed by atoms with E-state index >= 15 is 0 Å². The molecule has 2 N–H and O–H groups in total. The molecule has 1 unspecified atom stereocenters. The molecule has 2 rings (SSSR count). The predicted octanol–water partition coefficient (Wildman–Crippen LogP) is 0.247. The molecule has 2 aliphatic rings. The van der Waals surface area contributed by atoms with Gasteiger partial charge in [0.25, 0.3) is 0 Å². The van der Waals surface area contributed by atoms with Gasteiger partial charge in [0.1, 0.15) is 0 Å². The van der Waals surface area contributed by atoms with Crippen molar-refractivity contribution in [3.63, 3.8) is 0 Å². The largest absolute Gasteiger partial charge is 0.317 e. The summed E-state index contributed by atoms with van der Waals surface area (Å²) in [6, 6.07) is 0. The van der Waals surface area contributed by atoms with Gasteiger partial charge in [0.15, 0.2) is 0 Å². The molecule has 0 saturated carbocycles. The summed E-state index contributed by atoms with van der Waals surface area (Å²) in [6.07, 6.45) is 3.08. The number of nitrogens with one attached hydrogen (secondary N) is 2. The Kier molecular flexibility index (Phi) is 5.62. The zero-order valence-electron chi connectivity index (χ0n) is 11.9. The molecule has 0 amide bonds. The van der Waals surface area contributed by atoms with Gasteiger partial charge in [-0.2, -0.15) is 0 Å². The summed E-state index contributed by atoms with van der Waals surface area (Å²) < 4.78 is 26.9. The van der Waals surface area contributed by atoms with Gasteiger partial charge in [-0.1, -0.05) is 6.92 Å². The van der Waals surface area contributed by atoms with Crippen LogP contribution in [-0.4, -0.2) is 58.3 Å². The third kappa shape index (κ3) is 5.02. The van der Waals surface area contributed by atoms with Crippen LogP contribution in [0.15, 0.2) is 0 Å². The van der Waals surface area contributed by atoms with E-state index in [2.05, 4.69) is 21.9 Å². The first-order valence-electron chi connectivity index (χ1n) is 7.49. The molecule has 2 aliphatic heterocycles. The van der Waals surface area contributed by atoms with Crippen LogP contribution in [0.5, 0.6) is 0 Å². The molecule has 6 heteroatoms. The van der Waals surface area contributed by atoms with E-state index in [1.165, 1.54) is 0 Å². The molecule has 5 nitrogen and oxygen atoms in total. The molecular weight excluding hydrogens is 262 g/mol. The lowest BCUT2D eigenvalue weighted by atomic mass is 10.0. The van der Waals surface area contributed by atoms with Gasteiger partial charge in [0.2, 0.25) is 10.0 Å². The molecule has 0 bridgehead atoms. The highest BCUT2D eigenvalue weighted by atomic mass is 32.2. The molecular formula is C13H27N3O2S. The lowest BCUT2D eigenvalue weighted by molar-refractivity contribution is 0.342. The SMILES string of the molecule is CCN1CCC(CNS(=O)(=O)CC2CCNCC2)C1. The minimum Gasteiger partial charge on any atom is -0.317 e. The quantitative estimate of drug-likeness (QED) is 0.736. The molecule has 2 heterocycles. The Morgan fingerprint density at radius 1 is 1.21 bits per heavy atom. The number of rotatable bonds is 6. The number of likely N-dealkylation sites (tertiary alicyclic amines) is 1. The van der Waals surface area contributed by atoms with Crippen molar-refractivity contribution in [1.82, 2.24) is 14.9 Å². The lowest BCUT2D eigenvalue weighted by Crippen LogP contribution is -2.37. The van der Waals surface area contributed by atoms with E-state index in [9.17, 15) is 8.42 Å². The van der Waals surface area contributed by atoms with Gasteiger partial charge in [-0.3, -0.25) is 0 Å². The molecule has 19 heavy (non-hydrogen) atoms. The van der Waals surface area contributed by atoms with E-state index in [0.29, 0.717) is 24.1 Å². The van der Waals surface area contributed by atoms with Gasteiger partial charge in [0, 0.05) is 13.1 Å². The Balaban J connectivity index is 1.71. The lowest BCUT2D eigenvalue weighted by Gasteiger charge is -2.22. The fraction of sp³-hybridized carbons (Fsp3) is 1.00. The van der Waals surface area contributed by atoms with Crippen molar-refractivity contribution in [1.29, 1.82) is 0 Å². The smallest absolute Gasteiger partial charge is 0.211 e. The van der Waals surface area contributed by atoms with Crippen LogP contribution < -0.4 is 10.0 Å². The monoisotopic (exact) mass is 289 g/mol. The number of piperidine rings is 1. The first-order valence-corrected chi connectivity index (χ1v) is 9.14. The Labute approximate surface area is 117 Å². The van der Waals surface area contributed by atoms with E-state index in [4.69, 9.17) is 0 Å². The second-order valence-corrected chi connectivity index (χ2v) is 7.72. The van der Waals surface area contributed by atoms with Gasteiger partial charge in [-0.15, -0.1) is 0 Å². The van der Waals surface area contributed by atoms with Crippen molar-refractivity contribution in [2.24, 2.45) is 11.8 Å². The summed E-state index contributed by atoms with van der Waals surface area (Å²) in [5, 5.41) is 3.27. The van der Waals surface area contributed by atoms with Crippen molar-refractivity contribution < 1.29 is 8.42 Å². The highest BCUT2D eigenvalue weighted by molar-refractivity contribution is 7.89. The van der Waals surface area contributed by atoms with Crippen molar-refractivity contribution in [2.45, 2.75) is 26.2 Å². The summed E-state index contributed by atoms with van der Waals surface area (Å²) >= 11 is 0. The van der Waals surface area contributed by atoms with E-state index in [0.717, 1.165) is 52.0 Å². The molecule has 0 radical (unpaired) electrons. The Bertz CT molecular complexity index is 366. The zero-order chi connectivity index (χ0) is 13.7. The van der Waals surface area contributed by atoms with E-state index in [1.807, 2.05) is 0 Å². The van der Waals surface area contributed by atoms with E-state index in [-0.39, 0.29) is 0 Å². The van der Waals surface area contributed by atoms with E-state index < -0.39 is 10.0 Å².